The van der Waals surface area contributed by atoms with E-state index in [0.29, 0.717) is 13.1 Å². The molecule has 0 spiro atoms. The van der Waals surface area contributed by atoms with Crippen LogP contribution < -0.4 is 0 Å². The summed E-state index contributed by atoms with van der Waals surface area (Å²) in [5, 5.41) is 1.72. The van der Waals surface area contributed by atoms with Gasteiger partial charge in [-0.3, -0.25) is 9.05 Å². The Morgan fingerprint density at radius 2 is 2.19 bits per heavy atom. The molecule has 1 fully saturated rings. The van der Waals surface area contributed by atoms with Crippen molar-refractivity contribution in [1.82, 2.24) is 5.06 Å². The topological polar surface area (TPSA) is 77.5 Å². The van der Waals surface area contributed by atoms with Crippen molar-refractivity contribution in [3.8, 4) is 0 Å². The van der Waals surface area contributed by atoms with Crippen LogP contribution in [0.3, 0.4) is 0 Å². The van der Waals surface area contributed by atoms with E-state index in [2.05, 4.69) is 4.52 Å². The molecule has 0 aromatic carbocycles. The number of hydrogen-bond acceptors (Lipinski definition) is 6. The van der Waals surface area contributed by atoms with Gasteiger partial charge < -0.3 is 14.5 Å². The maximum Gasteiger partial charge on any atom is 0.472 e. The van der Waals surface area contributed by atoms with Gasteiger partial charge in [0.05, 0.1) is 39.0 Å². The Kier molecular flexibility index (Phi) is 5.33. The molecule has 16 heavy (non-hydrogen) atoms. The van der Waals surface area contributed by atoms with Gasteiger partial charge in [0.25, 0.3) is 0 Å². The Hall–Kier alpha value is -0.0100. The van der Waals surface area contributed by atoms with E-state index in [1.165, 1.54) is 0 Å². The lowest BCUT2D eigenvalue weighted by molar-refractivity contribution is -0.217. The number of rotatable bonds is 5. The molecule has 3 unspecified atom stereocenters. The average Bonchev–Trinajstić information content (AvgIpc) is 2.26. The summed E-state index contributed by atoms with van der Waals surface area (Å²) < 4.78 is 25.6. The van der Waals surface area contributed by atoms with Gasteiger partial charge in [-0.2, -0.15) is 5.06 Å². The van der Waals surface area contributed by atoms with Gasteiger partial charge in [-0.05, 0) is 6.92 Å². The van der Waals surface area contributed by atoms with Crippen molar-refractivity contribution in [2.45, 2.75) is 19.1 Å². The first kappa shape index (κ1) is 14.1. The Bertz CT molecular complexity index is 263. The van der Waals surface area contributed by atoms with Crippen LogP contribution >= 0.6 is 7.82 Å². The number of ether oxygens (including phenoxy) is 1. The van der Waals surface area contributed by atoms with Gasteiger partial charge in [0.1, 0.15) is 0 Å². The first-order valence-electron chi connectivity index (χ1n) is 4.94. The van der Waals surface area contributed by atoms with E-state index in [1.807, 2.05) is 6.92 Å². The first-order chi connectivity index (χ1) is 7.46. The Morgan fingerprint density at radius 3 is 2.75 bits per heavy atom. The van der Waals surface area contributed by atoms with E-state index < -0.39 is 7.82 Å². The van der Waals surface area contributed by atoms with Crippen LogP contribution in [-0.4, -0.2) is 56.1 Å². The zero-order valence-electron chi connectivity index (χ0n) is 9.66. The normalized spacial score (nSPS) is 31.2. The molecule has 0 amide bonds. The quantitative estimate of drug-likeness (QED) is 0.712. The van der Waals surface area contributed by atoms with E-state index in [0.717, 1.165) is 7.11 Å². The lowest BCUT2D eigenvalue weighted by Gasteiger charge is -2.34. The fourth-order valence-corrected chi connectivity index (χ4v) is 1.93. The molecule has 1 aliphatic rings. The van der Waals surface area contributed by atoms with Crippen LogP contribution in [0.4, 0.5) is 0 Å². The van der Waals surface area contributed by atoms with E-state index in [1.54, 1.807) is 12.2 Å². The van der Waals surface area contributed by atoms with Gasteiger partial charge in [-0.1, -0.05) is 0 Å². The lowest BCUT2D eigenvalue weighted by Crippen LogP contribution is -2.47. The molecular weight excluding hydrogens is 237 g/mol. The Labute approximate surface area is 94.8 Å². The van der Waals surface area contributed by atoms with Crippen molar-refractivity contribution in [2.75, 3.05) is 33.9 Å². The fraction of sp³-hybridized carbons (Fsp3) is 1.00. The molecule has 0 bridgehead atoms. The highest BCUT2D eigenvalue weighted by Crippen LogP contribution is 2.42. The van der Waals surface area contributed by atoms with Crippen LogP contribution in [0.1, 0.15) is 6.92 Å². The van der Waals surface area contributed by atoms with Crippen LogP contribution in [0.25, 0.3) is 0 Å². The van der Waals surface area contributed by atoms with E-state index >= 15 is 0 Å². The molecule has 1 N–H and O–H groups in total. The van der Waals surface area contributed by atoms with E-state index in [-0.39, 0.29) is 18.8 Å². The minimum Gasteiger partial charge on any atom is -0.370 e. The third-order valence-corrected chi connectivity index (χ3v) is 3.14. The van der Waals surface area contributed by atoms with Gasteiger partial charge >= 0.3 is 7.82 Å². The second-order valence-corrected chi connectivity index (χ2v) is 5.11. The highest BCUT2D eigenvalue weighted by molar-refractivity contribution is 7.47. The van der Waals surface area contributed by atoms with Crippen LogP contribution in [0, 0.1) is 0 Å². The molecule has 0 saturated carbocycles. The molecular formula is C8H18NO6P. The predicted molar refractivity (Wildman–Crippen MR) is 55.7 cm³/mol. The maximum atomic E-state index is 11.1. The minimum atomic E-state index is -3.93. The standard InChI is InChI=1S/C8H18NO6P/c1-7-4-9(12-2)5-8(15-7)6-14-16(10,11)13-3/h7-8H,4-6H2,1-3H3,(H,10,11). The molecule has 0 aliphatic carbocycles. The third-order valence-electron chi connectivity index (χ3n) is 2.21. The smallest absolute Gasteiger partial charge is 0.370 e. The zero-order valence-corrected chi connectivity index (χ0v) is 10.6. The molecule has 1 heterocycles. The number of phosphoric acid groups is 1. The lowest BCUT2D eigenvalue weighted by atomic mass is 10.2. The van der Waals surface area contributed by atoms with Gasteiger partial charge in [0.2, 0.25) is 0 Å². The number of hydrogen-bond donors (Lipinski definition) is 1. The van der Waals surface area contributed by atoms with Crippen molar-refractivity contribution in [3.05, 3.63) is 0 Å². The first-order valence-corrected chi connectivity index (χ1v) is 6.44. The van der Waals surface area contributed by atoms with Crippen LogP contribution in [0.2, 0.25) is 0 Å². The van der Waals surface area contributed by atoms with Crippen molar-refractivity contribution in [2.24, 2.45) is 0 Å². The second-order valence-electron chi connectivity index (χ2n) is 3.55. The van der Waals surface area contributed by atoms with Crippen LogP contribution in [0.15, 0.2) is 0 Å². The SMILES string of the molecule is CON1CC(C)OC(COP(=O)(O)OC)C1. The molecule has 1 saturated heterocycles. The number of hydroxylamine groups is 2. The number of morpholine rings is 1. The van der Waals surface area contributed by atoms with E-state index in [4.69, 9.17) is 19.0 Å². The summed E-state index contributed by atoms with van der Waals surface area (Å²) >= 11 is 0. The summed E-state index contributed by atoms with van der Waals surface area (Å²) in [4.78, 5) is 14.1. The van der Waals surface area contributed by atoms with Crippen molar-refractivity contribution >= 4 is 7.82 Å². The summed E-state index contributed by atoms with van der Waals surface area (Å²) in [6.45, 7) is 3.04. The highest BCUT2D eigenvalue weighted by atomic mass is 31.2. The highest BCUT2D eigenvalue weighted by Gasteiger charge is 2.28. The molecule has 0 radical (unpaired) electrons. The van der Waals surface area contributed by atoms with Crippen LogP contribution in [-0.2, 0) is 23.2 Å². The summed E-state index contributed by atoms with van der Waals surface area (Å²) in [5.41, 5.74) is 0. The molecule has 0 aromatic rings. The Morgan fingerprint density at radius 1 is 1.50 bits per heavy atom. The van der Waals surface area contributed by atoms with Crippen molar-refractivity contribution in [3.63, 3.8) is 0 Å². The zero-order chi connectivity index (χ0) is 12.2. The molecule has 1 rings (SSSR count). The summed E-state index contributed by atoms with van der Waals surface area (Å²) in [5.74, 6) is 0. The Balaban J connectivity index is 2.39. The number of nitrogens with zero attached hydrogens (tertiary/aromatic N) is 1. The summed E-state index contributed by atoms with van der Waals surface area (Å²) in [7, 11) is -1.24. The molecule has 8 heteroatoms. The molecule has 7 nitrogen and oxygen atoms in total. The average molecular weight is 255 g/mol. The van der Waals surface area contributed by atoms with Gasteiger partial charge in [0.15, 0.2) is 0 Å². The maximum absolute atomic E-state index is 11.1. The predicted octanol–water partition coefficient (Wildman–Crippen LogP) is 0.400. The fourth-order valence-electron chi connectivity index (χ4n) is 1.47. The minimum absolute atomic E-state index is 0.00812. The van der Waals surface area contributed by atoms with Gasteiger partial charge in [-0.25, -0.2) is 4.57 Å². The van der Waals surface area contributed by atoms with Crippen LogP contribution in [0.5, 0.6) is 0 Å². The van der Waals surface area contributed by atoms with Gasteiger partial charge in [0, 0.05) is 7.11 Å². The van der Waals surface area contributed by atoms with E-state index in [9.17, 15) is 4.57 Å². The largest absolute Gasteiger partial charge is 0.472 e. The molecule has 96 valence electrons. The third kappa shape index (κ3) is 4.47. The van der Waals surface area contributed by atoms with Crippen molar-refractivity contribution in [1.29, 1.82) is 0 Å². The summed E-state index contributed by atoms with van der Waals surface area (Å²) in [6, 6.07) is 0. The molecule has 3 atom stereocenters. The monoisotopic (exact) mass is 255 g/mol. The van der Waals surface area contributed by atoms with Crippen molar-refractivity contribution < 1.29 is 28.1 Å². The molecule has 0 aromatic heterocycles. The second kappa shape index (κ2) is 6.07. The number of phosphoric ester groups is 1. The van der Waals surface area contributed by atoms with Gasteiger partial charge in [-0.15, -0.1) is 0 Å². The summed E-state index contributed by atoms with van der Waals surface area (Å²) in [6.07, 6.45) is -0.317. The molecule has 1 aliphatic heterocycles.